The molecule has 0 saturated carbocycles. The summed E-state index contributed by atoms with van der Waals surface area (Å²) >= 11 is 5.95. The number of sulfonamides is 1. The van der Waals surface area contributed by atoms with Crippen LogP contribution in [0.25, 0.3) is 0 Å². The lowest BCUT2D eigenvalue weighted by Gasteiger charge is -2.13. The van der Waals surface area contributed by atoms with Crippen LogP contribution in [0.3, 0.4) is 0 Å². The van der Waals surface area contributed by atoms with E-state index in [1.54, 1.807) is 18.2 Å². The van der Waals surface area contributed by atoms with E-state index in [1.165, 1.54) is 11.8 Å². The lowest BCUT2D eigenvalue weighted by Crippen LogP contribution is -2.26. The van der Waals surface area contributed by atoms with Crippen molar-refractivity contribution in [1.82, 2.24) is 14.5 Å². The number of nitrogens with one attached hydrogen (secondary N) is 1. The number of hydrogen-bond acceptors (Lipinski definition) is 4. The summed E-state index contributed by atoms with van der Waals surface area (Å²) < 4.78 is 34.5. The average Bonchev–Trinajstić information content (AvgIpc) is 2.84. The molecule has 1 aliphatic heterocycles. The van der Waals surface area contributed by atoms with Crippen molar-refractivity contribution in [2.24, 2.45) is 7.05 Å². The minimum absolute atomic E-state index is 0.0908. The van der Waals surface area contributed by atoms with E-state index in [4.69, 9.17) is 16.3 Å². The number of halogens is 1. The highest BCUT2D eigenvalue weighted by molar-refractivity contribution is 7.89. The number of benzene rings is 1. The van der Waals surface area contributed by atoms with Gasteiger partial charge in [-0.05, 0) is 12.1 Å². The van der Waals surface area contributed by atoms with Gasteiger partial charge in [0.2, 0.25) is 10.0 Å². The highest BCUT2D eigenvalue weighted by Crippen LogP contribution is 2.22. The molecule has 8 heteroatoms. The van der Waals surface area contributed by atoms with Gasteiger partial charge in [-0.2, -0.15) is 5.10 Å². The number of aromatic nitrogens is 2. The van der Waals surface area contributed by atoms with Gasteiger partial charge in [0.25, 0.3) is 0 Å². The predicted molar refractivity (Wildman–Crippen MR) is 86.9 cm³/mol. The van der Waals surface area contributed by atoms with Crippen LogP contribution < -0.4 is 4.72 Å². The van der Waals surface area contributed by atoms with Gasteiger partial charge in [0.15, 0.2) is 0 Å². The Hall–Kier alpha value is -1.41. The van der Waals surface area contributed by atoms with Gasteiger partial charge in [-0.3, -0.25) is 4.68 Å². The molecule has 0 saturated heterocycles. The van der Waals surface area contributed by atoms with E-state index in [0.29, 0.717) is 19.6 Å². The molecule has 0 unspecified atom stereocenters. The van der Waals surface area contributed by atoms with Crippen LogP contribution in [-0.2, 0) is 41.3 Å². The maximum Gasteiger partial charge on any atom is 0.242 e. The summed E-state index contributed by atoms with van der Waals surface area (Å²) in [6.07, 6.45) is 1.35. The SMILES string of the molecule is Cn1nc(CCNS(=O)(=O)c2ccccc2Cl)c2c1CCOC2. The van der Waals surface area contributed by atoms with E-state index in [1.807, 2.05) is 11.7 Å². The van der Waals surface area contributed by atoms with Gasteiger partial charge in [-0.25, -0.2) is 13.1 Å². The number of nitrogens with zero attached hydrogens (tertiary/aromatic N) is 2. The highest BCUT2D eigenvalue weighted by atomic mass is 35.5. The molecule has 23 heavy (non-hydrogen) atoms. The summed E-state index contributed by atoms with van der Waals surface area (Å²) in [7, 11) is -1.72. The molecule has 0 atom stereocenters. The first-order chi connectivity index (χ1) is 11.0. The van der Waals surface area contributed by atoms with E-state index in [0.717, 1.165) is 17.7 Å². The van der Waals surface area contributed by atoms with Crippen molar-refractivity contribution < 1.29 is 13.2 Å². The molecule has 6 nitrogen and oxygen atoms in total. The number of rotatable bonds is 5. The number of hydrogen-bond donors (Lipinski definition) is 1. The van der Waals surface area contributed by atoms with E-state index in [2.05, 4.69) is 9.82 Å². The lowest BCUT2D eigenvalue weighted by molar-refractivity contribution is 0.108. The van der Waals surface area contributed by atoms with Crippen molar-refractivity contribution in [3.05, 3.63) is 46.2 Å². The number of aryl methyl sites for hydroxylation is 1. The van der Waals surface area contributed by atoms with Crippen LogP contribution in [0.2, 0.25) is 5.02 Å². The molecule has 124 valence electrons. The fourth-order valence-corrected chi connectivity index (χ4v) is 4.28. The van der Waals surface area contributed by atoms with E-state index in [9.17, 15) is 8.42 Å². The van der Waals surface area contributed by atoms with Gasteiger partial charge >= 0.3 is 0 Å². The minimum Gasteiger partial charge on any atom is -0.376 e. The Bertz CT molecular complexity index is 817. The molecule has 0 spiro atoms. The number of fused-ring (bicyclic) bond motifs is 1. The van der Waals surface area contributed by atoms with Crippen molar-refractivity contribution in [3.8, 4) is 0 Å². The Morgan fingerprint density at radius 1 is 1.39 bits per heavy atom. The second-order valence-electron chi connectivity index (χ2n) is 5.38. The third-order valence-corrected chi connectivity index (χ3v) is 5.83. The first-order valence-corrected chi connectivity index (χ1v) is 9.21. The summed E-state index contributed by atoms with van der Waals surface area (Å²) in [5, 5.41) is 4.69. The Morgan fingerprint density at radius 2 is 2.17 bits per heavy atom. The molecule has 2 aromatic rings. The van der Waals surface area contributed by atoms with Gasteiger partial charge < -0.3 is 4.74 Å². The molecule has 1 aliphatic rings. The third-order valence-electron chi connectivity index (χ3n) is 3.87. The van der Waals surface area contributed by atoms with E-state index >= 15 is 0 Å². The molecule has 1 aromatic heterocycles. The molecule has 1 N–H and O–H groups in total. The van der Waals surface area contributed by atoms with Gasteiger partial charge in [0.05, 0.1) is 23.9 Å². The summed E-state index contributed by atoms with van der Waals surface area (Å²) in [6, 6.07) is 6.39. The largest absolute Gasteiger partial charge is 0.376 e. The van der Waals surface area contributed by atoms with Crippen LogP contribution >= 0.6 is 11.6 Å². The first-order valence-electron chi connectivity index (χ1n) is 7.34. The summed E-state index contributed by atoms with van der Waals surface area (Å²) in [5.74, 6) is 0. The first kappa shape index (κ1) is 16.4. The van der Waals surface area contributed by atoms with Gasteiger partial charge in [-0.15, -0.1) is 0 Å². The fourth-order valence-electron chi connectivity index (χ4n) is 2.73. The van der Waals surface area contributed by atoms with Crippen LogP contribution in [0.5, 0.6) is 0 Å². The Labute approximate surface area is 140 Å². The Balaban J connectivity index is 1.69. The summed E-state index contributed by atoms with van der Waals surface area (Å²) in [4.78, 5) is 0.0908. The average molecular weight is 356 g/mol. The number of ether oxygens (including phenoxy) is 1. The zero-order valence-corrected chi connectivity index (χ0v) is 14.3. The molecular formula is C15H18ClN3O3S. The Kier molecular flexibility index (Phi) is 4.72. The predicted octanol–water partition coefficient (Wildman–Crippen LogP) is 1.67. The standard InChI is InChI=1S/C15H18ClN3O3S/c1-19-14-7-9-22-10-11(14)13(18-19)6-8-17-23(20,21)15-5-3-2-4-12(15)16/h2-5,17H,6-10H2,1H3. The van der Waals surface area contributed by atoms with E-state index in [-0.39, 0.29) is 16.5 Å². The van der Waals surface area contributed by atoms with Crippen LogP contribution in [0, 0.1) is 0 Å². The molecule has 0 amide bonds. The third kappa shape index (κ3) is 3.42. The summed E-state index contributed by atoms with van der Waals surface area (Å²) in [5.41, 5.74) is 3.12. The second kappa shape index (κ2) is 6.60. The van der Waals surface area contributed by atoms with Crippen molar-refractivity contribution in [2.45, 2.75) is 24.3 Å². The maximum atomic E-state index is 12.3. The Morgan fingerprint density at radius 3 is 2.96 bits per heavy atom. The van der Waals surface area contributed by atoms with Gasteiger partial charge in [-0.1, -0.05) is 23.7 Å². The van der Waals surface area contributed by atoms with E-state index < -0.39 is 10.0 Å². The van der Waals surface area contributed by atoms with Crippen LogP contribution in [0.4, 0.5) is 0 Å². The fraction of sp³-hybridized carbons (Fsp3) is 0.400. The van der Waals surface area contributed by atoms with Crippen molar-refractivity contribution in [2.75, 3.05) is 13.2 Å². The van der Waals surface area contributed by atoms with Gasteiger partial charge in [0.1, 0.15) is 4.90 Å². The normalized spacial score (nSPS) is 14.7. The van der Waals surface area contributed by atoms with Crippen molar-refractivity contribution in [1.29, 1.82) is 0 Å². The van der Waals surface area contributed by atoms with Crippen LogP contribution in [0.1, 0.15) is 17.0 Å². The maximum absolute atomic E-state index is 12.3. The topological polar surface area (TPSA) is 73.2 Å². The zero-order valence-electron chi connectivity index (χ0n) is 12.8. The molecule has 1 aromatic carbocycles. The molecule has 2 heterocycles. The van der Waals surface area contributed by atoms with Crippen molar-refractivity contribution in [3.63, 3.8) is 0 Å². The molecule has 0 bridgehead atoms. The molecule has 0 aliphatic carbocycles. The smallest absolute Gasteiger partial charge is 0.242 e. The molecule has 0 radical (unpaired) electrons. The minimum atomic E-state index is -3.62. The second-order valence-corrected chi connectivity index (χ2v) is 7.52. The molecular weight excluding hydrogens is 338 g/mol. The molecule has 0 fully saturated rings. The quantitative estimate of drug-likeness (QED) is 0.885. The molecule has 3 rings (SSSR count). The van der Waals surface area contributed by atoms with Crippen LogP contribution in [-0.4, -0.2) is 31.3 Å². The van der Waals surface area contributed by atoms with Gasteiger partial charge in [0, 0.05) is 37.7 Å². The highest BCUT2D eigenvalue weighted by Gasteiger charge is 2.21. The zero-order chi connectivity index (χ0) is 16.4. The summed E-state index contributed by atoms with van der Waals surface area (Å²) in [6.45, 7) is 1.50. The monoisotopic (exact) mass is 355 g/mol. The van der Waals surface area contributed by atoms with Crippen molar-refractivity contribution >= 4 is 21.6 Å². The lowest BCUT2D eigenvalue weighted by atomic mass is 10.1. The van der Waals surface area contributed by atoms with Crippen LogP contribution in [0.15, 0.2) is 29.2 Å².